The first-order valence-electron chi connectivity index (χ1n) is 7.29. The van der Waals surface area contributed by atoms with Gasteiger partial charge in [0, 0.05) is 13.6 Å². The summed E-state index contributed by atoms with van der Waals surface area (Å²) in [4.78, 5) is 16.9. The van der Waals surface area contributed by atoms with Gasteiger partial charge >= 0.3 is 0 Å². The molecule has 21 heavy (non-hydrogen) atoms. The lowest BCUT2D eigenvalue weighted by atomic mass is 9.98. The number of aromatic nitrogens is 6. The molecule has 1 saturated carbocycles. The summed E-state index contributed by atoms with van der Waals surface area (Å²) in [5.41, 5.74) is 0. The monoisotopic (exact) mass is 288 g/mol. The average molecular weight is 288 g/mol. The summed E-state index contributed by atoms with van der Waals surface area (Å²) in [6, 6.07) is 0. The summed E-state index contributed by atoms with van der Waals surface area (Å²) >= 11 is 0. The van der Waals surface area contributed by atoms with Crippen LogP contribution in [-0.2, 0) is 0 Å². The van der Waals surface area contributed by atoms with Gasteiger partial charge in [0.25, 0.3) is 5.95 Å². The van der Waals surface area contributed by atoms with Crippen molar-refractivity contribution >= 4 is 11.9 Å². The van der Waals surface area contributed by atoms with Crippen LogP contribution in [0.1, 0.15) is 26.2 Å². The molecule has 1 fully saturated rings. The van der Waals surface area contributed by atoms with Crippen LogP contribution in [-0.4, -0.2) is 43.3 Å². The number of hydrogen-bond acceptors (Lipinski definition) is 7. The van der Waals surface area contributed by atoms with E-state index in [0.717, 1.165) is 12.5 Å². The van der Waals surface area contributed by atoms with E-state index in [1.54, 1.807) is 13.4 Å². The van der Waals surface area contributed by atoms with E-state index in [0.29, 0.717) is 23.8 Å². The van der Waals surface area contributed by atoms with Crippen LogP contribution in [0.15, 0.2) is 12.7 Å². The van der Waals surface area contributed by atoms with E-state index in [2.05, 4.69) is 42.6 Å². The first-order valence-corrected chi connectivity index (χ1v) is 7.29. The predicted molar refractivity (Wildman–Crippen MR) is 79.3 cm³/mol. The summed E-state index contributed by atoms with van der Waals surface area (Å²) in [7, 11) is 1.78. The summed E-state index contributed by atoms with van der Waals surface area (Å²) in [6.45, 7) is 3.21. The molecule has 0 saturated heterocycles. The third-order valence-electron chi connectivity index (χ3n) is 4.03. The quantitative estimate of drug-likeness (QED) is 0.857. The summed E-state index contributed by atoms with van der Waals surface area (Å²) in [5.74, 6) is 2.98. The van der Waals surface area contributed by atoms with Crippen LogP contribution in [0.2, 0.25) is 0 Å². The maximum atomic E-state index is 4.40. The Bertz CT molecular complexity index is 582. The lowest BCUT2D eigenvalue weighted by Gasteiger charge is -2.16. The van der Waals surface area contributed by atoms with Gasteiger partial charge in [0.05, 0.1) is 0 Å². The van der Waals surface area contributed by atoms with E-state index in [-0.39, 0.29) is 0 Å². The Morgan fingerprint density at radius 1 is 1.24 bits per heavy atom. The van der Waals surface area contributed by atoms with Crippen molar-refractivity contribution in [1.82, 2.24) is 29.7 Å². The zero-order valence-electron chi connectivity index (χ0n) is 12.3. The summed E-state index contributed by atoms with van der Waals surface area (Å²) in [6.07, 6.45) is 6.92. The molecule has 2 aromatic heterocycles. The minimum absolute atomic E-state index is 0.453. The van der Waals surface area contributed by atoms with Gasteiger partial charge in [-0.15, -0.1) is 0 Å². The molecule has 0 spiro atoms. The second-order valence-electron chi connectivity index (χ2n) is 5.42. The molecule has 2 N–H and O–H groups in total. The first kappa shape index (κ1) is 13.7. The van der Waals surface area contributed by atoms with Crippen LogP contribution in [0.25, 0.3) is 5.95 Å². The van der Waals surface area contributed by atoms with Crippen molar-refractivity contribution in [3.8, 4) is 5.95 Å². The highest BCUT2D eigenvalue weighted by molar-refractivity contribution is 5.37. The Morgan fingerprint density at radius 3 is 2.76 bits per heavy atom. The fraction of sp³-hybridized carbons (Fsp3) is 0.615. The number of rotatable bonds is 5. The van der Waals surface area contributed by atoms with Gasteiger partial charge in [-0.1, -0.05) is 19.8 Å². The van der Waals surface area contributed by atoms with Gasteiger partial charge in [0.1, 0.15) is 12.7 Å². The van der Waals surface area contributed by atoms with Crippen LogP contribution < -0.4 is 10.6 Å². The third-order valence-corrected chi connectivity index (χ3v) is 4.03. The molecule has 0 bridgehead atoms. The van der Waals surface area contributed by atoms with Gasteiger partial charge in [-0.3, -0.25) is 0 Å². The van der Waals surface area contributed by atoms with E-state index < -0.39 is 0 Å². The average Bonchev–Trinajstić information content (AvgIpc) is 3.16. The molecular formula is C13H20N8. The maximum absolute atomic E-state index is 4.40. The standard InChI is InChI=1S/C13H20N8/c1-9-4-3-5-10(9)6-16-12-18-11(14-2)19-13(20-12)21-8-15-7-17-21/h7-10H,3-6H2,1-2H3,(H2,14,16,18,19,20). The molecule has 2 heterocycles. The SMILES string of the molecule is CNc1nc(NCC2CCCC2C)nc(-n2cncn2)n1. The lowest BCUT2D eigenvalue weighted by molar-refractivity contribution is 0.439. The fourth-order valence-electron chi connectivity index (χ4n) is 2.72. The van der Waals surface area contributed by atoms with Crippen LogP contribution in [0, 0.1) is 11.8 Å². The molecule has 8 heteroatoms. The number of nitrogens with zero attached hydrogens (tertiary/aromatic N) is 6. The Morgan fingerprint density at radius 2 is 2.10 bits per heavy atom. The lowest BCUT2D eigenvalue weighted by Crippen LogP contribution is -2.19. The maximum Gasteiger partial charge on any atom is 0.258 e. The normalized spacial score (nSPS) is 21.4. The van der Waals surface area contributed by atoms with Gasteiger partial charge in [0.15, 0.2) is 0 Å². The Hall–Kier alpha value is -2.25. The highest BCUT2D eigenvalue weighted by atomic mass is 15.4. The summed E-state index contributed by atoms with van der Waals surface area (Å²) < 4.78 is 1.52. The molecule has 0 aromatic carbocycles. The molecule has 0 radical (unpaired) electrons. The van der Waals surface area contributed by atoms with Crippen molar-refractivity contribution < 1.29 is 0 Å². The zero-order chi connectivity index (χ0) is 14.7. The van der Waals surface area contributed by atoms with E-state index >= 15 is 0 Å². The largest absolute Gasteiger partial charge is 0.357 e. The molecule has 112 valence electrons. The van der Waals surface area contributed by atoms with Gasteiger partial charge < -0.3 is 10.6 Å². The third kappa shape index (κ3) is 3.09. The van der Waals surface area contributed by atoms with Crippen molar-refractivity contribution in [2.45, 2.75) is 26.2 Å². The number of anilines is 2. The summed E-state index contributed by atoms with van der Waals surface area (Å²) in [5, 5.41) is 10.3. The number of nitrogens with one attached hydrogen (secondary N) is 2. The van der Waals surface area contributed by atoms with Gasteiger partial charge in [-0.2, -0.15) is 24.7 Å². The Balaban J connectivity index is 1.76. The second-order valence-corrected chi connectivity index (χ2v) is 5.42. The zero-order valence-corrected chi connectivity index (χ0v) is 12.3. The Labute approximate surface area is 123 Å². The molecular weight excluding hydrogens is 268 g/mol. The van der Waals surface area contributed by atoms with Crippen LogP contribution in [0.5, 0.6) is 0 Å². The first-order chi connectivity index (χ1) is 10.3. The smallest absolute Gasteiger partial charge is 0.258 e. The van der Waals surface area contributed by atoms with E-state index in [1.165, 1.54) is 30.3 Å². The van der Waals surface area contributed by atoms with Crippen molar-refractivity contribution in [3.05, 3.63) is 12.7 Å². The molecule has 2 atom stereocenters. The minimum Gasteiger partial charge on any atom is -0.357 e. The van der Waals surface area contributed by atoms with Crippen molar-refractivity contribution in [3.63, 3.8) is 0 Å². The molecule has 2 aromatic rings. The van der Waals surface area contributed by atoms with E-state index in [9.17, 15) is 0 Å². The fourth-order valence-corrected chi connectivity index (χ4v) is 2.72. The minimum atomic E-state index is 0.453. The van der Waals surface area contributed by atoms with E-state index in [1.807, 2.05) is 0 Å². The number of hydrogen-bond donors (Lipinski definition) is 2. The van der Waals surface area contributed by atoms with Gasteiger partial charge in [-0.25, -0.2) is 4.98 Å². The van der Waals surface area contributed by atoms with Crippen LogP contribution in [0.3, 0.4) is 0 Å². The molecule has 1 aliphatic rings. The molecule has 1 aliphatic carbocycles. The highest BCUT2D eigenvalue weighted by Crippen LogP contribution is 2.31. The van der Waals surface area contributed by atoms with Crippen molar-refractivity contribution in [2.75, 3.05) is 24.2 Å². The predicted octanol–water partition coefficient (Wildman–Crippen LogP) is 1.34. The second kappa shape index (κ2) is 6.02. The van der Waals surface area contributed by atoms with E-state index in [4.69, 9.17) is 0 Å². The van der Waals surface area contributed by atoms with Crippen LogP contribution >= 0.6 is 0 Å². The topological polar surface area (TPSA) is 93.4 Å². The van der Waals surface area contributed by atoms with Crippen molar-refractivity contribution in [2.24, 2.45) is 11.8 Å². The Kier molecular flexibility index (Phi) is 3.94. The molecule has 3 rings (SSSR count). The van der Waals surface area contributed by atoms with Crippen LogP contribution in [0.4, 0.5) is 11.9 Å². The molecule has 0 amide bonds. The molecule has 0 aliphatic heterocycles. The highest BCUT2D eigenvalue weighted by Gasteiger charge is 2.23. The molecule has 2 unspecified atom stereocenters. The van der Waals surface area contributed by atoms with Crippen molar-refractivity contribution in [1.29, 1.82) is 0 Å². The van der Waals surface area contributed by atoms with Gasteiger partial charge in [0.2, 0.25) is 11.9 Å². The molecule has 8 nitrogen and oxygen atoms in total. The van der Waals surface area contributed by atoms with Gasteiger partial charge in [-0.05, 0) is 18.3 Å².